The molecule has 2 aromatic rings. The van der Waals surface area contributed by atoms with Gasteiger partial charge in [-0.2, -0.15) is 14.7 Å². The standard InChI is InChI=1S/C18H20ClN5O3S/c1-13-11-17(24(22-13)10-4-7-20)21-18(25)15-12-14(5-6-16(15)19)28(26,27)23-8-2-3-9-23/h5-6,11-12H,2-4,8-10H2,1H3,(H,21,25). The Balaban J connectivity index is 1.88. The number of sulfonamides is 1. The monoisotopic (exact) mass is 421 g/mol. The van der Waals surface area contributed by atoms with Gasteiger partial charge in [0.15, 0.2) is 0 Å². The van der Waals surface area contributed by atoms with E-state index in [1.807, 2.05) is 6.07 Å². The third-order valence-corrected chi connectivity index (χ3v) is 6.69. The van der Waals surface area contributed by atoms with Crippen LogP contribution in [0.4, 0.5) is 5.82 Å². The van der Waals surface area contributed by atoms with Crippen molar-refractivity contribution in [1.29, 1.82) is 5.26 Å². The topological polar surface area (TPSA) is 108 Å². The minimum atomic E-state index is -3.66. The predicted molar refractivity (Wildman–Crippen MR) is 105 cm³/mol. The van der Waals surface area contributed by atoms with Gasteiger partial charge in [-0.25, -0.2) is 13.1 Å². The van der Waals surface area contributed by atoms with Gasteiger partial charge < -0.3 is 5.32 Å². The van der Waals surface area contributed by atoms with E-state index in [0.717, 1.165) is 12.8 Å². The number of aromatic nitrogens is 2. The Morgan fingerprint density at radius 3 is 2.71 bits per heavy atom. The second-order valence-electron chi connectivity index (χ2n) is 6.51. The molecule has 0 spiro atoms. The number of hydrogen-bond acceptors (Lipinski definition) is 5. The van der Waals surface area contributed by atoms with Gasteiger partial charge in [0.05, 0.1) is 40.2 Å². The van der Waals surface area contributed by atoms with E-state index in [2.05, 4.69) is 10.4 Å². The fourth-order valence-corrected chi connectivity index (χ4v) is 4.82. The van der Waals surface area contributed by atoms with Crippen molar-refractivity contribution in [3.8, 4) is 6.07 Å². The first-order valence-electron chi connectivity index (χ1n) is 8.85. The Morgan fingerprint density at radius 2 is 2.04 bits per heavy atom. The van der Waals surface area contributed by atoms with Crippen LogP contribution in [0.15, 0.2) is 29.2 Å². The van der Waals surface area contributed by atoms with Crippen molar-refractivity contribution in [3.63, 3.8) is 0 Å². The number of amides is 1. The smallest absolute Gasteiger partial charge is 0.258 e. The summed E-state index contributed by atoms with van der Waals surface area (Å²) in [6, 6.07) is 7.83. The van der Waals surface area contributed by atoms with Gasteiger partial charge >= 0.3 is 0 Å². The molecule has 3 rings (SSSR count). The first-order chi connectivity index (χ1) is 13.3. The van der Waals surface area contributed by atoms with Gasteiger partial charge in [-0.05, 0) is 38.0 Å². The quantitative estimate of drug-likeness (QED) is 0.771. The molecule has 28 heavy (non-hydrogen) atoms. The first-order valence-corrected chi connectivity index (χ1v) is 10.7. The van der Waals surface area contributed by atoms with Crippen LogP contribution in [0.5, 0.6) is 0 Å². The zero-order chi connectivity index (χ0) is 20.3. The van der Waals surface area contributed by atoms with Gasteiger partial charge in [-0.3, -0.25) is 4.79 Å². The lowest BCUT2D eigenvalue weighted by molar-refractivity contribution is 0.102. The molecule has 1 aliphatic rings. The van der Waals surface area contributed by atoms with Crippen LogP contribution in [0.25, 0.3) is 0 Å². The Morgan fingerprint density at radius 1 is 1.32 bits per heavy atom. The molecule has 0 bridgehead atoms. The molecule has 0 aliphatic carbocycles. The molecule has 2 heterocycles. The fraction of sp³-hybridized carbons (Fsp3) is 0.389. The summed E-state index contributed by atoms with van der Waals surface area (Å²) in [6.45, 7) is 3.06. The number of carbonyl (C=O) groups is 1. The van der Waals surface area contributed by atoms with Crippen LogP contribution in [0.2, 0.25) is 5.02 Å². The molecule has 1 fully saturated rings. The van der Waals surface area contributed by atoms with Crippen molar-refractivity contribution >= 4 is 33.3 Å². The molecule has 8 nitrogen and oxygen atoms in total. The number of nitrogens with one attached hydrogen (secondary N) is 1. The second kappa shape index (κ2) is 8.31. The maximum atomic E-state index is 12.8. The molecule has 0 saturated carbocycles. The number of hydrogen-bond donors (Lipinski definition) is 1. The van der Waals surface area contributed by atoms with E-state index in [0.29, 0.717) is 31.1 Å². The van der Waals surface area contributed by atoms with E-state index in [9.17, 15) is 13.2 Å². The maximum absolute atomic E-state index is 12.8. The molecule has 1 saturated heterocycles. The zero-order valence-corrected chi connectivity index (χ0v) is 16.9. The van der Waals surface area contributed by atoms with Gasteiger partial charge in [0.2, 0.25) is 10.0 Å². The number of halogens is 1. The lowest BCUT2D eigenvalue weighted by Crippen LogP contribution is -2.28. The lowest BCUT2D eigenvalue weighted by Gasteiger charge is -2.16. The summed E-state index contributed by atoms with van der Waals surface area (Å²) in [4.78, 5) is 12.8. The van der Waals surface area contributed by atoms with E-state index < -0.39 is 15.9 Å². The summed E-state index contributed by atoms with van der Waals surface area (Å²) in [7, 11) is -3.66. The zero-order valence-electron chi connectivity index (χ0n) is 15.4. The molecule has 1 amide bonds. The number of rotatable bonds is 6. The molecule has 1 aromatic carbocycles. The Hall–Kier alpha value is -2.41. The fourth-order valence-electron chi connectivity index (χ4n) is 3.07. The number of benzene rings is 1. The molecule has 1 N–H and O–H groups in total. The van der Waals surface area contributed by atoms with Crippen molar-refractivity contribution in [2.75, 3.05) is 18.4 Å². The Bertz CT molecular complexity index is 1040. The number of nitrogens with zero attached hydrogens (tertiary/aromatic N) is 4. The summed E-state index contributed by atoms with van der Waals surface area (Å²) >= 11 is 6.16. The molecule has 1 aromatic heterocycles. The highest BCUT2D eigenvalue weighted by atomic mass is 35.5. The average Bonchev–Trinajstić information content (AvgIpc) is 3.30. The van der Waals surface area contributed by atoms with Crippen LogP contribution >= 0.6 is 11.6 Å². The minimum absolute atomic E-state index is 0.0399. The summed E-state index contributed by atoms with van der Waals surface area (Å²) in [5.74, 6) is -0.122. The Labute approximate surface area is 168 Å². The van der Waals surface area contributed by atoms with Crippen LogP contribution in [0.1, 0.15) is 35.3 Å². The number of anilines is 1. The summed E-state index contributed by atoms with van der Waals surface area (Å²) in [6.07, 6.45) is 1.90. The number of carbonyl (C=O) groups excluding carboxylic acids is 1. The minimum Gasteiger partial charge on any atom is -0.307 e. The average molecular weight is 422 g/mol. The van der Waals surface area contributed by atoms with Crippen LogP contribution in [-0.4, -0.2) is 41.5 Å². The van der Waals surface area contributed by atoms with E-state index >= 15 is 0 Å². The third-order valence-electron chi connectivity index (χ3n) is 4.46. The van der Waals surface area contributed by atoms with Gasteiger partial charge in [-0.1, -0.05) is 11.6 Å². The first kappa shape index (κ1) is 20.3. The third kappa shape index (κ3) is 4.19. The summed E-state index contributed by atoms with van der Waals surface area (Å²) in [5, 5.41) is 15.9. The molecule has 148 valence electrons. The van der Waals surface area contributed by atoms with E-state index in [1.54, 1.807) is 13.0 Å². The molecule has 1 aliphatic heterocycles. The Kier molecular flexibility index (Phi) is 6.03. The summed E-state index contributed by atoms with van der Waals surface area (Å²) in [5.41, 5.74) is 0.748. The lowest BCUT2D eigenvalue weighted by atomic mass is 10.2. The van der Waals surface area contributed by atoms with Crippen molar-refractivity contribution in [3.05, 3.63) is 40.5 Å². The van der Waals surface area contributed by atoms with Gasteiger partial charge in [0, 0.05) is 19.2 Å². The molecule has 10 heteroatoms. The molecular weight excluding hydrogens is 402 g/mol. The van der Waals surface area contributed by atoms with Crippen molar-refractivity contribution < 1.29 is 13.2 Å². The van der Waals surface area contributed by atoms with E-state index in [1.165, 1.54) is 27.2 Å². The predicted octanol–water partition coefficient (Wildman–Crippen LogP) is 2.80. The largest absolute Gasteiger partial charge is 0.307 e. The highest BCUT2D eigenvalue weighted by Crippen LogP contribution is 2.26. The van der Waals surface area contributed by atoms with Gasteiger partial charge in [-0.15, -0.1) is 0 Å². The van der Waals surface area contributed by atoms with Gasteiger partial charge in [0.25, 0.3) is 5.91 Å². The molecular formula is C18H20ClN5O3S. The maximum Gasteiger partial charge on any atom is 0.258 e. The molecule has 0 atom stereocenters. The van der Waals surface area contributed by atoms with Gasteiger partial charge in [0.1, 0.15) is 5.82 Å². The molecule has 0 unspecified atom stereocenters. The van der Waals surface area contributed by atoms with E-state index in [-0.39, 0.29) is 21.9 Å². The van der Waals surface area contributed by atoms with Crippen LogP contribution in [0.3, 0.4) is 0 Å². The highest BCUT2D eigenvalue weighted by Gasteiger charge is 2.28. The highest BCUT2D eigenvalue weighted by molar-refractivity contribution is 7.89. The number of aryl methyl sites for hydroxylation is 2. The van der Waals surface area contributed by atoms with Crippen LogP contribution in [0, 0.1) is 18.3 Å². The van der Waals surface area contributed by atoms with Crippen molar-refractivity contribution in [2.45, 2.75) is 37.6 Å². The van der Waals surface area contributed by atoms with Crippen LogP contribution in [-0.2, 0) is 16.6 Å². The molecule has 0 radical (unpaired) electrons. The van der Waals surface area contributed by atoms with Crippen molar-refractivity contribution in [2.24, 2.45) is 0 Å². The summed E-state index contributed by atoms with van der Waals surface area (Å²) < 4.78 is 28.5. The number of nitriles is 1. The second-order valence-corrected chi connectivity index (χ2v) is 8.85. The SMILES string of the molecule is Cc1cc(NC(=O)c2cc(S(=O)(=O)N3CCCC3)ccc2Cl)n(CCC#N)n1. The van der Waals surface area contributed by atoms with Crippen molar-refractivity contribution in [1.82, 2.24) is 14.1 Å². The van der Waals surface area contributed by atoms with Crippen LogP contribution < -0.4 is 5.32 Å². The van der Waals surface area contributed by atoms with E-state index in [4.69, 9.17) is 16.9 Å². The normalized spacial score (nSPS) is 14.8.